The molecule has 9 rings (SSSR count). The highest BCUT2D eigenvalue weighted by Crippen LogP contribution is 2.48. The second-order valence-corrected chi connectivity index (χ2v) is 12.8. The second kappa shape index (κ2) is 8.11. The van der Waals surface area contributed by atoms with Crippen molar-refractivity contribution in [1.82, 2.24) is 9.13 Å². The SMILES string of the molecule is Cp1c2ccc(-n3c4ccccc4c4ccccc43)cc2c2ccc(-n3c4ccccc4c4ccccc43)cc21. The van der Waals surface area contributed by atoms with Gasteiger partial charge in [0, 0.05) is 43.2 Å². The van der Waals surface area contributed by atoms with Gasteiger partial charge >= 0.3 is 0 Å². The van der Waals surface area contributed by atoms with Gasteiger partial charge in [-0.1, -0.05) is 78.9 Å². The molecule has 2 nitrogen and oxygen atoms in total. The summed E-state index contributed by atoms with van der Waals surface area (Å²) in [5.41, 5.74) is 7.48. The summed E-state index contributed by atoms with van der Waals surface area (Å²) in [7, 11) is -0.437. The fourth-order valence-electron chi connectivity index (χ4n) is 6.87. The van der Waals surface area contributed by atoms with Gasteiger partial charge in [-0.05, 0) is 72.0 Å². The Bertz CT molecular complexity index is 2340. The van der Waals surface area contributed by atoms with E-state index in [4.69, 9.17) is 0 Å². The van der Waals surface area contributed by atoms with Crippen LogP contribution in [0.1, 0.15) is 0 Å². The minimum absolute atomic E-state index is 0.437. The molecule has 188 valence electrons. The topological polar surface area (TPSA) is 9.86 Å². The zero-order chi connectivity index (χ0) is 26.4. The molecule has 0 radical (unpaired) electrons. The van der Waals surface area contributed by atoms with Crippen molar-refractivity contribution in [3.8, 4) is 11.4 Å². The zero-order valence-corrected chi connectivity index (χ0v) is 22.9. The summed E-state index contributed by atoms with van der Waals surface area (Å²) in [5, 5.41) is 10.9. The van der Waals surface area contributed by atoms with Gasteiger partial charge in [-0.15, -0.1) is 7.53 Å². The highest BCUT2D eigenvalue weighted by Gasteiger charge is 2.16. The van der Waals surface area contributed by atoms with Gasteiger partial charge < -0.3 is 9.13 Å². The van der Waals surface area contributed by atoms with Crippen molar-refractivity contribution in [1.29, 1.82) is 0 Å². The lowest BCUT2D eigenvalue weighted by Gasteiger charge is -2.09. The smallest absolute Gasteiger partial charge is 0.0541 e. The second-order valence-electron chi connectivity index (χ2n) is 10.7. The van der Waals surface area contributed by atoms with Crippen LogP contribution in [0.4, 0.5) is 0 Å². The minimum Gasteiger partial charge on any atom is -0.309 e. The lowest BCUT2D eigenvalue weighted by atomic mass is 10.1. The van der Waals surface area contributed by atoms with Crippen molar-refractivity contribution in [3.63, 3.8) is 0 Å². The van der Waals surface area contributed by atoms with Gasteiger partial charge in [0.05, 0.1) is 22.1 Å². The normalized spacial score (nSPS) is 12.6. The molecule has 0 aliphatic carbocycles. The molecular formula is C37H25N2P. The Morgan fingerprint density at radius 2 is 0.800 bits per heavy atom. The standard InChI is InChI=1S/C37H25N2P/c1-40-36-21-19-24(38-32-14-6-2-10-26(32)27-11-3-7-15-33(27)38)22-31(36)30-20-18-25(23-37(30)40)39-34-16-8-4-12-28(34)29-13-5-9-17-35(29)39/h2-23H,1H3. The van der Waals surface area contributed by atoms with E-state index in [1.165, 1.54) is 76.0 Å². The van der Waals surface area contributed by atoms with Gasteiger partial charge in [0.2, 0.25) is 0 Å². The molecule has 9 aromatic rings. The summed E-state index contributed by atoms with van der Waals surface area (Å²) in [6, 6.07) is 49.2. The Hall–Kier alpha value is -4.78. The zero-order valence-electron chi connectivity index (χ0n) is 22.0. The molecule has 0 bridgehead atoms. The number of hydrogen-bond donors (Lipinski definition) is 0. The van der Waals surface area contributed by atoms with Gasteiger partial charge in [-0.2, -0.15) is 0 Å². The molecule has 0 saturated heterocycles. The van der Waals surface area contributed by atoms with Crippen molar-refractivity contribution in [2.24, 2.45) is 6.66 Å². The molecule has 0 aliphatic rings. The lowest BCUT2D eigenvalue weighted by Crippen LogP contribution is -1.93. The van der Waals surface area contributed by atoms with Crippen LogP contribution in [0.3, 0.4) is 0 Å². The first-order valence-corrected chi connectivity index (χ1v) is 15.6. The van der Waals surface area contributed by atoms with Gasteiger partial charge in [0.15, 0.2) is 0 Å². The molecule has 0 spiro atoms. The third-order valence-corrected chi connectivity index (χ3v) is 10.9. The third kappa shape index (κ3) is 2.89. The number of aromatic nitrogens is 2. The summed E-state index contributed by atoms with van der Waals surface area (Å²) < 4.78 is 4.86. The molecule has 0 aliphatic heterocycles. The maximum atomic E-state index is 2.44. The molecule has 0 N–H and O–H groups in total. The quantitative estimate of drug-likeness (QED) is 0.211. The van der Waals surface area contributed by atoms with Crippen molar-refractivity contribution < 1.29 is 0 Å². The van der Waals surface area contributed by atoms with Gasteiger partial charge in [-0.3, -0.25) is 0 Å². The van der Waals surface area contributed by atoms with Crippen LogP contribution in [0.15, 0.2) is 133 Å². The highest BCUT2D eigenvalue weighted by atomic mass is 31.1. The molecule has 0 amide bonds. The van der Waals surface area contributed by atoms with Crippen molar-refractivity contribution in [2.45, 2.75) is 0 Å². The first-order chi connectivity index (χ1) is 19.8. The van der Waals surface area contributed by atoms with Crippen LogP contribution in [0.25, 0.3) is 76.0 Å². The van der Waals surface area contributed by atoms with E-state index < -0.39 is 7.53 Å². The third-order valence-electron chi connectivity index (χ3n) is 8.65. The maximum absolute atomic E-state index is 2.44. The first kappa shape index (κ1) is 22.1. The van der Waals surface area contributed by atoms with Crippen LogP contribution < -0.4 is 0 Å². The Morgan fingerprint density at radius 1 is 0.375 bits per heavy atom. The molecule has 40 heavy (non-hydrogen) atoms. The van der Waals surface area contributed by atoms with Crippen LogP contribution in [-0.2, 0) is 6.66 Å². The van der Waals surface area contributed by atoms with Gasteiger partial charge in [0.1, 0.15) is 0 Å². The Kier molecular flexibility index (Phi) is 4.48. The Balaban J connectivity index is 1.30. The fourth-order valence-corrected chi connectivity index (χ4v) is 8.85. The largest absolute Gasteiger partial charge is 0.309 e. The van der Waals surface area contributed by atoms with Crippen LogP contribution in [0.2, 0.25) is 0 Å². The average molecular weight is 529 g/mol. The molecule has 0 fully saturated rings. The summed E-state index contributed by atoms with van der Waals surface area (Å²) in [5.74, 6) is 0. The average Bonchev–Trinajstić information content (AvgIpc) is 3.63. The summed E-state index contributed by atoms with van der Waals surface area (Å²) in [6.45, 7) is 2.41. The number of benzene rings is 6. The predicted octanol–water partition coefficient (Wildman–Crippen LogP) is 10.7. The Labute approximate surface area is 232 Å². The van der Waals surface area contributed by atoms with Crippen molar-refractivity contribution in [3.05, 3.63) is 133 Å². The number of aryl methyl sites for hydroxylation is 1. The van der Waals surface area contributed by atoms with E-state index in [1.807, 2.05) is 0 Å². The van der Waals surface area contributed by atoms with E-state index in [0.29, 0.717) is 0 Å². The van der Waals surface area contributed by atoms with Crippen molar-refractivity contribution >= 4 is 72.2 Å². The van der Waals surface area contributed by atoms with E-state index in [1.54, 1.807) is 0 Å². The fraction of sp³-hybridized carbons (Fsp3) is 0.0270. The van der Waals surface area contributed by atoms with Crippen molar-refractivity contribution in [2.75, 3.05) is 0 Å². The van der Waals surface area contributed by atoms with Crippen LogP contribution in [0.5, 0.6) is 0 Å². The molecule has 1 atom stereocenters. The molecule has 0 saturated carbocycles. The number of hydrogen-bond acceptors (Lipinski definition) is 0. The monoisotopic (exact) mass is 528 g/mol. The van der Waals surface area contributed by atoms with E-state index >= 15 is 0 Å². The van der Waals surface area contributed by atoms with E-state index in [-0.39, 0.29) is 0 Å². The maximum Gasteiger partial charge on any atom is 0.0541 e. The van der Waals surface area contributed by atoms with E-state index in [0.717, 1.165) is 0 Å². The molecular weight excluding hydrogens is 503 g/mol. The lowest BCUT2D eigenvalue weighted by molar-refractivity contribution is 1.19. The molecule has 3 heteroatoms. The first-order valence-electron chi connectivity index (χ1n) is 13.8. The Morgan fingerprint density at radius 3 is 1.30 bits per heavy atom. The number of rotatable bonds is 2. The van der Waals surface area contributed by atoms with Crippen LogP contribution >= 0.6 is 7.53 Å². The molecule has 6 aromatic carbocycles. The summed E-state index contributed by atoms with van der Waals surface area (Å²) in [4.78, 5) is 0. The number of fused-ring (bicyclic) bond motifs is 9. The van der Waals surface area contributed by atoms with Gasteiger partial charge in [-0.25, -0.2) is 0 Å². The minimum atomic E-state index is -0.437. The summed E-state index contributed by atoms with van der Waals surface area (Å²) in [6.07, 6.45) is 0. The van der Waals surface area contributed by atoms with Crippen LogP contribution in [0, 0.1) is 0 Å². The summed E-state index contributed by atoms with van der Waals surface area (Å²) >= 11 is 0. The number of para-hydroxylation sites is 4. The van der Waals surface area contributed by atoms with E-state index in [2.05, 4.69) is 149 Å². The van der Waals surface area contributed by atoms with Crippen LogP contribution in [-0.4, -0.2) is 9.13 Å². The van der Waals surface area contributed by atoms with Gasteiger partial charge in [0.25, 0.3) is 0 Å². The highest BCUT2D eigenvalue weighted by molar-refractivity contribution is 7.59. The molecule has 3 aromatic heterocycles. The van der Waals surface area contributed by atoms with E-state index in [9.17, 15) is 0 Å². The molecule has 1 unspecified atom stereocenters. The predicted molar refractivity (Wildman–Crippen MR) is 174 cm³/mol. The number of nitrogens with zero attached hydrogens (tertiary/aromatic N) is 2. The molecule has 3 heterocycles.